The van der Waals surface area contributed by atoms with E-state index in [1.54, 1.807) is 0 Å². The van der Waals surface area contributed by atoms with Crippen LogP contribution in [0.3, 0.4) is 0 Å². The fourth-order valence-corrected chi connectivity index (χ4v) is 11.9. The standard InChI is InChI=1S/C69H58/c1-10-19-51(43(5)12-3)48-32-38-59-61(40-48)67(49-33-35-56-54(20-11-2)62(13-4)68(6,7)64(56)41-49)58-37-31-47(44-27-29-46(30-28-44)53-25-18-22-45-21-14-15-23-52(45)53)39-60(58)66(59)50-34-36-57-55-24-16-17-26-63(55)69(8,9)65(57)42-50/h10-42H,3-4H2,1-2,5-9H3/b19-10-,20-11-,51-43+. The van der Waals surface area contributed by atoms with Crippen LogP contribution >= 0.6 is 0 Å². The van der Waals surface area contributed by atoms with Gasteiger partial charge < -0.3 is 0 Å². The smallest absolute Gasteiger partial charge is 0.0159 e. The lowest BCUT2D eigenvalue weighted by molar-refractivity contribution is 0.655. The van der Waals surface area contributed by atoms with Crippen LogP contribution in [0, 0.1) is 0 Å². The number of allylic oxidation sites excluding steroid dienone is 10. The largest absolute Gasteiger partial charge is 0.0988 e. The first-order valence-electron chi connectivity index (χ1n) is 24.5. The first-order chi connectivity index (χ1) is 33.5. The first-order valence-corrected chi connectivity index (χ1v) is 24.5. The van der Waals surface area contributed by atoms with Gasteiger partial charge in [0.2, 0.25) is 0 Å². The minimum Gasteiger partial charge on any atom is -0.0988 e. The molecule has 0 aromatic heterocycles. The van der Waals surface area contributed by atoms with Crippen LogP contribution in [0.4, 0.5) is 0 Å². The molecule has 0 nitrogen and oxygen atoms in total. The second kappa shape index (κ2) is 16.8. The highest BCUT2D eigenvalue weighted by atomic mass is 14.4. The zero-order valence-corrected chi connectivity index (χ0v) is 41.0. The fraction of sp³-hybridized carbons (Fsp3) is 0.130. The average Bonchev–Trinajstić information content (AvgIpc) is 3.74. The van der Waals surface area contributed by atoms with Crippen LogP contribution < -0.4 is 0 Å². The van der Waals surface area contributed by atoms with Gasteiger partial charge in [-0.15, -0.1) is 0 Å². The van der Waals surface area contributed by atoms with Crippen molar-refractivity contribution in [3.8, 4) is 55.6 Å². The van der Waals surface area contributed by atoms with Crippen molar-refractivity contribution in [1.29, 1.82) is 0 Å². The molecule has 0 bridgehead atoms. The Morgan fingerprint density at radius 3 is 1.74 bits per heavy atom. The molecular weight excluding hydrogens is 829 g/mol. The molecule has 11 rings (SSSR count). The number of fused-ring (bicyclic) bond motifs is 7. The van der Waals surface area contributed by atoms with E-state index >= 15 is 0 Å². The molecule has 2 aliphatic rings. The molecule has 0 aliphatic heterocycles. The summed E-state index contributed by atoms with van der Waals surface area (Å²) in [7, 11) is 0. The number of hydrogen-bond acceptors (Lipinski definition) is 0. The summed E-state index contributed by atoms with van der Waals surface area (Å²) in [6.45, 7) is 24.3. The molecule has 0 heteroatoms. The maximum absolute atomic E-state index is 4.32. The van der Waals surface area contributed by atoms with Gasteiger partial charge in [0.05, 0.1) is 0 Å². The molecule has 0 amide bonds. The minimum absolute atomic E-state index is 0.145. The summed E-state index contributed by atoms with van der Waals surface area (Å²) in [6.07, 6.45) is 12.8. The molecule has 9 aromatic rings. The molecule has 0 saturated carbocycles. The van der Waals surface area contributed by atoms with Crippen LogP contribution in [0.1, 0.15) is 76.3 Å². The highest BCUT2D eigenvalue weighted by Crippen LogP contribution is 2.53. The predicted octanol–water partition coefficient (Wildman–Crippen LogP) is 19.5. The van der Waals surface area contributed by atoms with E-state index in [1.165, 1.54) is 132 Å². The van der Waals surface area contributed by atoms with Gasteiger partial charge in [-0.1, -0.05) is 217 Å². The topological polar surface area (TPSA) is 0 Å². The molecule has 9 aromatic carbocycles. The Morgan fingerprint density at radius 1 is 0.449 bits per heavy atom. The van der Waals surface area contributed by atoms with Gasteiger partial charge in [0.25, 0.3) is 0 Å². The maximum Gasteiger partial charge on any atom is 0.0159 e. The Balaban J connectivity index is 1.21. The first kappa shape index (κ1) is 43.8. The van der Waals surface area contributed by atoms with Crippen LogP contribution in [-0.4, -0.2) is 0 Å². The van der Waals surface area contributed by atoms with Crippen LogP contribution in [0.25, 0.3) is 99.1 Å². The Kier molecular flexibility index (Phi) is 10.6. The van der Waals surface area contributed by atoms with Crippen molar-refractivity contribution in [2.75, 3.05) is 0 Å². The van der Waals surface area contributed by atoms with Crippen molar-refractivity contribution in [2.24, 2.45) is 0 Å². The summed E-state index contributed by atoms with van der Waals surface area (Å²) < 4.78 is 0. The summed E-state index contributed by atoms with van der Waals surface area (Å²) in [5, 5.41) is 7.44. The summed E-state index contributed by atoms with van der Waals surface area (Å²) in [5.41, 5.74) is 23.4. The Morgan fingerprint density at radius 2 is 1.03 bits per heavy atom. The third-order valence-corrected chi connectivity index (χ3v) is 15.5. The summed E-state index contributed by atoms with van der Waals surface area (Å²) in [5.74, 6) is 0. The molecule has 69 heavy (non-hydrogen) atoms. The Bertz CT molecular complexity index is 3750. The molecule has 2 aliphatic carbocycles. The molecule has 0 N–H and O–H groups in total. The van der Waals surface area contributed by atoms with E-state index < -0.39 is 0 Å². The number of benzene rings is 9. The van der Waals surface area contributed by atoms with Gasteiger partial charge >= 0.3 is 0 Å². The van der Waals surface area contributed by atoms with E-state index in [4.69, 9.17) is 0 Å². The zero-order chi connectivity index (χ0) is 47.8. The van der Waals surface area contributed by atoms with Gasteiger partial charge in [0.1, 0.15) is 0 Å². The molecule has 0 heterocycles. The van der Waals surface area contributed by atoms with Gasteiger partial charge in [0, 0.05) is 10.8 Å². The Hall–Kier alpha value is -7.80. The van der Waals surface area contributed by atoms with Crippen molar-refractivity contribution in [3.63, 3.8) is 0 Å². The van der Waals surface area contributed by atoms with Crippen molar-refractivity contribution in [3.05, 3.63) is 252 Å². The second-order valence-electron chi connectivity index (χ2n) is 20.0. The number of rotatable bonds is 9. The van der Waals surface area contributed by atoms with Crippen molar-refractivity contribution >= 4 is 43.5 Å². The van der Waals surface area contributed by atoms with E-state index in [1.807, 2.05) is 6.08 Å². The lowest BCUT2D eigenvalue weighted by Crippen LogP contribution is -2.16. The number of hydrogen-bond donors (Lipinski definition) is 0. The normalized spacial score (nSPS) is 15.0. The second-order valence-corrected chi connectivity index (χ2v) is 20.0. The summed E-state index contributed by atoms with van der Waals surface area (Å²) >= 11 is 0. The predicted molar refractivity (Wildman–Crippen MR) is 301 cm³/mol. The monoisotopic (exact) mass is 886 g/mol. The third kappa shape index (κ3) is 6.88. The molecular formula is C69H58. The average molecular weight is 887 g/mol. The van der Waals surface area contributed by atoms with E-state index in [0.29, 0.717) is 0 Å². The molecule has 0 radical (unpaired) electrons. The van der Waals surface area contributed by atoms with E-state index in [9.17, 15) is 0 Å². The lowest BCUT2D eigenvalue weighted by Gasteiger charge is -2.25. The highest BCUT2D eigenvalue weighted by molar-refractivity contribution is 6.22. The van der Waals surface area contributed by atoms with Crippen LogP contribution in [0.5, 0.6) is 0 Å². The van der Waals surface area contributed by atoms with Crippen molar-refractivity contribution < 1.29 is 0 Å². The van der Waals surface area contributed by atoms with Crippen LogP contribution in [0.2, 0.25) is 0 Å². The molecule has 0 spiro atoms. The maximum atomic E-state index is 4.32. The van der Waals surface area contributed by atoms with Gasteiger partial charge in [-0.25, -0.2) is 0 Å². The molecule has 334 valence electrons. The van der Waals surface area contributed by atoms with E-state index in [-0.39, 0.29) is 10.8 Å². The SMILES string of the molecule is C=CC1=C(/C=C\C)c2ccc(-c3c4ccc(-c5ccc(-c6cccc7ccccc67)cc5)cc4c(-c4ccc5c(c4)C(C)(C)c4ccccc4-5)c4ccc(C(/C=C\C)=C(\C)C=C)cc34)cc2C1(C)C. The van der Waals surface area contributed by atoms with Gasteiger partial charge in [-0.2, -0.15) is 0 Å². The van der Waals surface area contributed by atoms with E-state index in [0.717, 1.165) is 5.57 Å². The quantitative estimate of drug-likeness (QED) is 0.100. The fourth-order valence-electron chi connectivity index (χ4n) is 11.9. The zero-order valence-electron chi connectivity index (χ0n) is 41.0. The summed E-state index contributed by atoms with van der Waals surface area (Å²) in [6, 6.07) is 62.2. The van der Waals surface area contributed by atoms with Crippen LogP contribution in [-0.2, 0) is 10.8 Å². The van der Waals surface area contributed by atoms with Crippen LogP contribution in [0.15, 0.2) is 225 Å². The molecule has 0 saturated heterocycles. The van der Waals surface area contributed by atoms with Gasteiger partial charge in [0.15, 0.2) is 0 Å². The van der Waals surface area contributed by atoms with Crippen molar-refractivity contribution in [1.82, 2.24) is 0 Å². The minimum atomic E-state index is -0.221. The lowest BCUT2D eigenvalue weighted by atomic mass is 9.78. The summed E-state index contributed by atoms with van der Waals surface area (Å²) in [4.78, 5) is 0. The van der Waals surface area contributed by atoms with Gasteiger partial charge in [-0.3, -0.25) is 0 Å². The van der Waals surface area contributed by atoms with E-state index in [2.05, 4.69) is 256 Å². The molecule has 0 fully saturated rings. The highest BCUT2D eigenvalue weighted by Gasteiger charge is 2.37. The van der Waals surface area contributed by atoms with Crippen molar-refractivity contribution in [2.45, 2.75) is 59.3 Å². The molecule has 0 atom stereocenters. The Labute approximate surface area is 408 Å². The third-order valence-electron chi connectivity index (χ3n) is 15.5. The molecule has 0 unspecified atom stereocenters. The van der Waals surface area contributed by atoms with Gasteiger partial charge in [-0.05, 0) is 183 Å².